The number of carbonyl (C=O) groups excluding carboxylic acids is 3. The summed E-state index contributed by atoms with van der Waals surface area (Å²) >= 11 is 8.02. The number of hydrogen-bond acceptors (Lipinski definition) is 6. The summed E-state index contributed by atoms with van der Waals surface area (Å²) in [5.41, 5.74) is 0.529. The number of esters is 1. The third-order valence-corrected chi connectivity index (χ3v) is 9.78. The Bertz CT molecular complexity index is 1030. The van der Waals surface area contributed by atoms with Gasteiger partial charge in [0.25, 0.3) is 5.91 Å². The summed E-state index contributed by atoms with van der Waals surface area (Å²) in [6, 6.07) is 6.20. The van der Waals surface area contributed by atoms with Crippen molar-refractivity contribution >= 4 is 46.8 Å². The summed E-state index contributed by atoms with van der Waals surface area (Å²) in [6.07, 6.45) is 4.53. The van der Waals surface area contributed by atoms with Crippen molar-refractivity contribution in [1.82, 2.24) is 4.90 Å². The number of anilines is 1. The maximum atomic E-state index is 14.3. The monoisotopic (exact) mass is 518 g/mol. The van der Waals surface area contributed by atoms with E-state index in [1.165, 1.54) is 4.90 Å². The lowest BCUT2D eigenvalue weighted by molar-refractivity contribution is -0.154. The van der Waals surface area contributed by atoms with Gasteiger partial charge in [-0.15, -0.1) is 24.9 Å². The van der Waals surface area contributed by atoms with Crippen molar-refractivity contribution in [3.05, 3.63) is 54.6 Å². The molecule has 3 aliphatic rings. The molecule has 35 heavy (non-hydrogen) atoms. The first kappa shape index (κ1) is 25.8. The van der Waals surface area contributed by atoms with Crippen LogP contribution in [0.3, 0.4) is 0 Å². The number of benzene rings is 1. The number of carbonyl (C=O) groups is 3. The molecule has 2 amide bonds. The number of amides is 2. The van der Waals surface area contributed by atoms with Crippen molar-refractivity contribution in [2.24, 2.45) is 17.8 Å². The fourth-order valence-electron chi connectivity index (χ4n) is 6.01. The van der Waals surface area contributed by atoms with Gasteiger partial charge in [-0.05, 0) is 30.9 Å². The van der Waals surface area contributed by atoms with Gasteiger partial charge in [0.15, 0.2) is 0 Å². The van der Waals surface area contributed by atoms with Crippen LogP contribution >= 0.6 is 23.4 Å². The Kier molecular flexibility index (Phi) is 7.64. The Balaban J connectivity index is 1.76. The zero-order valence-electron chi connectivity index (χ0n) is 19.8. The van der Waals surface area contributed by atoms with E-state index >= 15 is 0 Å². The topological polar surface area (TPSA) is 87.2 Å². The molecule has 1 N–H and O–H groups in total. The molecule has 188 valence electrons. The molecule has 9 heteroatoms. The quantitative estimate of drug-likeness (QED) is 0.290. The van der Waals surface area contributed by atoms with Crippen LogP contribution < -0.4 is 4.90 Å². The van der Waals surface area contributed by atoms with Gasteiger partial charge in [-0.25, -0.2) is 0 Å². The maximum Gasteiger partial charge on any atom is 0.310 e. The number of hydrogen-bond donors (Lipinski definition) is 1. The highest BCUT2D eigenvalue weighted by molar-refractivity contribution is 8.02. The number of thioether (sulfide) groups is 1. The Labute approximate surface area is 215 Å². The maximum absolute atomic E-state index is 14.3. The summed E-state index contributed by atoms with van der Waals surface area (Å²) in [7, 11) is 0. The smallest absolute Gasteiger partial charge is 0.310 e. The van der Waals surface area contributed by atoms with Gasteiger partial charge < -0.3 is 19.6 Å². The Morgan fingerprint density at radius 3 is 2.74 bits per heavy atom. The SMILES string of the molecule is C=CCCOC(=O)[C@@H]1[C@@H]2CC(C)C3(S2)C(C(=O)N(CC=C)c2ccccc2Cl)N(CCO)C(=O)[C@H]13. The number of likely N-dealkylation sites (tertiary alicyclic amines) is 1. The molecule has 0 radical (unpaired) electrons. The molecule has 0 saturated carbocycles. The van der Waals surface area contributed by atoms with E-state index in [1.807, 2.05) is 6.92 Å². The summed E-state index contributed by atoms with van der Waals surface area (Å²) in [6.45, 7) is 9.63. The number of rotatable bonds is 10. The largest absolute Gasteiger partial charge is 0.465 e. The number of nitrogens with zero attached hydrogens (tertiary/aromatic N) is 2. The molecule has 4 rings (SSSR count). The van der Waals surface area contributed by atoms with Crippen LogP contribution in [0.4, 0.5) is 5.69 Å². The highest BCUT2D eigenvalue weighted by Gasteiger charge is 2.76. The van der Waals surface area contributed by atoms with Crippen LogP contribution in [0, 0.1) is 17.8 Å². The minimum absolute atomic E-state index is 0.00806. The van der Waals surface area contributed by atoms with E-state index < -0.39 is 28.6 Å². The molecule has 7 nitrogen and oxygen atoms in total. The Hall–Kier alpha value is -2.29. The van der Waals surface area contributed by atoms with Crippen LogP contribution in [0.1, 0.15) is 19.8 Å². The van der Waals surface area contributed by atoms with Gasteiger partial charge in [-0.2, -0.15) is 0 Å². The molecule has 2 bridgehead atoms. The first-order valence-electron chi connectivity index (χ1n) is 11.9. The Morgan fingerprint density at radius 1 is 1.34 bits per heavy atom. The molecule has 3 heterocycles. The van der Waals surface area contributed by atoms with Gasteiger partial charge >= 0.3 is 5.97 Å². The highest BCUT2D eigenvalue weighted by Crippen LogP contribution is 2.68. The van der Waals surface area contributed by atoms with Crippen molar-refractivity contribution in [2.45, 2.75) is 35.8 Å². The minimum Gasteiger partial charge on any atom is -0.465 e. The van der Waals surface area contributed by atoms with Crippen LogP contribution in [-0.2, 0) is 19.1 Å². The Morgan fingerprint density at radius 2 is 2.09 bits per heavy atom. The lowest BCUT2D eigenvalue weighted by atomic mass is 9.66. The van der Waals surface area contributed by atoms with E-state index in [4.69, 9.17) is 16.3 Å². The number of fused-ring (bicyclic) bond motifs is 1. The van der Waals surface area contributed by atoms with Gasteiger partial charge in [0.1, 0.15) is 6.04 Å². The second-order valence-electron chi connectivity index (χ2n) is 9.24. The van der Waals surface area contributed by atoms with E-state index in [2.05, 4.69) is 13.2 Å². The summed E-state index contributed by atoms with van der Waals surface area (Å²) in [5.74, 6) is -2.26. The van der Waals surface area contributed by atoms with Gasteiger partial charge in [-0.1, -0.05) is 42.8 Å². The van der Waals surface area contributed by atoms with Crippen molar-refractivity contribution in [3.63, 3.8) is 0 Å². The number of para-hydroxylation sites is 1. The molecule has 3 aliphatic heterocycles. The number of ether oxygens (including phenoxy) is 1. The fourth-order valence-corrected chi connectivity index (χ4v) is 8.65. The summed E-state index contributed by atoms with van der Waals surface area (Å²) in [4.78, 5) is 44.2. The van der Waals surface area contributed by atoms with Crippen LogP contribution in [0.2, 0.25) is 5.02 Å². The normalized spacial score (nSPS) is 30.8. The van der Waals surface area contributed by atoms with Crippen molar-refractivity contribution < 1.29 is 24.2 Å². The number of halogens is 1. The van der Waals surface area contributed by atoms with Crippen LogP contribution in [-0.4, -0.2) is 70.1 Å². The first-order valence-corrected chi connectivity index (χ1v) is 13.1. The summed E-state index contributed by atoms with van der Waals surface area (Å²) in [5, 5.41) is 10.1. The molecule has 1 aromatic rings. The van der Waals surface area contributed by atoms with Gasteiger partial charge in [-0.3, -0.25) is 14.4 Å². The van der Waals surface area contributed by atoms with E-state index in [-0.39, 0.29) is 49.3 Å². The lowest BCUT2D eigenvalue weighted by Gasteiger charge is -2.40. The average molecular weight is 519 g/mol. The molecule has 6 atom stereocenters. The molecular weight excluding hydrogens is 488 g/mol. The van der Waals surface area contributed by atoms with E-state index in [9.17, 15) is 19.5 Å². The van der Waals surface area contributed by atoms with Crippen molar-refractivity contribution in [2.75, 3.05) is 31.2 Å². The number of aliphatic hydroxyl groups is 1. The number of β-amino-alcohol motifs (C(OH)–C–C–N with tert-alkyl or cyclic N) is 1. The highest BCUT2D eigenvalue weighted by atomic mass is 35.5. The molecule has 3 fully saturated rings. The molecule has 1 spiro atoms. The summed E-state index contributed by atoms with van der Waals surface area (Å²) < 4.78 is 4.70. The zero-order valence-corrected chi connectivity index (χ0v) is 21.3. The van der Waals surface area contributed by atoms with Crippen LogP contribution in [0.25, 0.3) is 0 Å². The molecule has 3 unspecified atom stereocenters. The van der Waals surface area contributed by atoms with Gasteiger partial charge in [0, 0.05) is 18.3 Å². The second-order valence-corrected chi connectivity index (χ2v) is 11.2. The average Bonchev–Trinajstić information content (AvgIpc) is 3.42. The predicted octanol–water partition coefficient (Wildman–Crippen LogP) is 3.31. The predicted molar refractivity (Wildman–Crippen MR) is 137 cm³/mol. The van der Waals surface area contributed by atoms with Crippen molar-refractivity contribution in [3.8, 4) is 0 Å². The van der Waals surface area contributed by atoms with E-state index in [0.29, 0.717) is 23.6 Å². The van der Waals surface area contributed by atoms with Gasteiger partial charge in [0.2, 0.25) is 5.91 Å². The lowest BCUT2D eigenvalue weighted by Crippen LogP contribution is -2.57. The number of aliphatic hydroxyl groups excluding tert-OH is 1. The van der Waals surface area contributed by atoms with Crippen LogP contribution in [0.5, 0.6) is 0 Å². The second kappa shape index (κ2) is 10.4. The standard InChI is InChI=1S/C26H31ClN2O5S/c1-4-6-14-34-25(33)20-19-15-16(3)26(35-19)21(20)23(31)29(12-13-30)22(26)24(32)28(11-5-2)18-10-8-7-9-17(18)27/h4-5,7-10,16,19-22,30H,1-2,6,11-15H2,3H3/t16?,19-,20+,21-,22?,26?/m0/s1. The fraction of sp³-hybridized carbons (Fsp3) is 0.500. The van der Waals surface area contributed by atoms with E-state index in [0.717, 1.165) is 0 Å². The van der Waals surface area contributed by atoms with Gasteiger partial charge in [0.05, 0.1) is 40.5 Å². The zero-order chi connectivity index (χ0) is 25.3. The van der Waals surface area contributed by atoms with Crippen LogP contribution in [0.15, 0.2) is 49.6 Å². The third kappa shape index (κ3) is 4.09. The molecule has 0 aliphatic carbocycles. The molecule has 1 aromatic carbocycles. The molecule has 3 saturated heterocycles. The first-order chi connectivity index (χ1) is 16.8. The minimum atomic E-state index is -0.848. The van der Waals surface area contributed by atoms with E-state index in [1.54, 1.807) is 53.1 Å². The van der Waals surface area contributed by atoms with Crippen molar-refractivity contribution in [1.29, 1.82) is 0 Å². The molecular formula is C26H31ClN2O5S. The third-order valence-electron chi connectivity index (χ3n) is 7.38. The molecule has 0 aromatic heterocycles.